The molecule has 15 rings (SSSR count). The van der Waals surface area contributed by atoms with Crippen molar-refractivity contribution in [3.63, 3.8) is 0 Å². The highest BCUT2D eigenvalue weighted by Crippen LogP contribution is 2.38. The molecule has 22 heteroatoms. The fourth-order valence-electron chi connectivity index (χ4n) is 17.9. The fraction of sp³-hybridized carbons (Fsp3) is 0.484. The largest absolute Gasteiger partial charge is 0.495 e. The number of aromatic nitrogens is 4. The zero-order valence-corrected chi connectivity index (χ0v) is 68.8. The maximum Gasteiger partial charge on any atom is 0.416 e. The molecule has 115 heavy (non-hydrogen) atoms. The number of alkyl halides is 3. The van der Waals surface area contributed by atoms with E-state index in [0.717, 1.165) is 251 Å². The van der Waals surface area contributed by atoms with Crippen LogP contribution in [-0.2, 0) is 37.1 Å². The van der Waals surface area contributed by atoms with Crippen LogP contribution in [0.15, 0.2) is 152 Å². The third-order valence-electron chi connectivity index (χ3n) is 24.0. The highest BCUT2D eigenvalue weighted by Gasteiger charge is 2.33. The number of morpholine rings is 1. The minimum Gasteiger partial charge on any atom is -0.495 e. The zero-order chi connectivity index (χ0) is 81.0. The minimum absolute atomic E-state index is 0.0337. The maximum atomic E-state index is 12.8. The second-order valence-corrected chi connectivity index (χ2v) is 31.5. The number of ketones is 4. The lowest BCUT2D eigenvalue weighted by Crippen LogP contribution is -2.49. The molecular weight excluding hydrogens is 1460 g/mol. The summed E-state index contributed by atoms with van der Waals surface area (Å²) in [5.74, 6) is 5.64. The van der Waals surface area contributed by atoms with Crippen LogP contribution in [0.2, 0.25) is 0 Å². The average molecular weight is 1580 g/mol. The summed E-state index contributed by atoms with van der Waals surface area (Å²) in [5.41, 5.74) is 8.71. The molecule has 8 heterocycles. The number of fused-ring (bicyclic) bond motifs is 5. The van der Waals surface area contributed by atoms with Crippen LogP contribution < -0.4 is 29.2 Å². The number of halogens is 3. The van der Waals surface area contributed by atoms with E-state index in [1.54, 1.807) is 61.2 Å². The molecule has 0 radical (unpaired) electrons. The second kappa shape index (κ2) is 41.0. The molecule has 1 N–H and O–H groups in total. The predicted octanol–water partition coefficient (Wildman–Crippen LogP) is 17.1. The van der Waals surface area contributed by atoms with E-state index in [9.17, 15) is 32.3 Å². The van der Waals surface area contributed by atoms with Crippen LogP contribution in [0, 0.1) is 18.8 Å². The van der Waals surface area contributed by atoms with Gasteiger partial charge in [-0.2, -0.15) is 13.2 Å². The number of likely N-dealkylation sites (tertiary alicyclic amines) is 2. The van der Waals surface area contributed by atoms with Crippen molar-refractivity contribution in [1.82, 2.24) is 43.2 Å². The van der Waals surface area contributed by atoms with Crippen molar-refractivity contribution in [3.05, 3.63) is 186 Å². The second-order valence-electron chi connectivity index (χ2n) is 31.5. The van der Waals surface area contributed by atoms with Gasteiger partial charge in [0, 0.05) is 159 Å². The first-order valence-electron chi connectivity index (χ1n) is 41.7. The Morgan fingerprint density at radius 2 is 0.878 bits per heavy atom. The van der Waals surface area contributed by atoms with Crippen molar-refractivity contribution in [3.8, 4) is 23.0 Å². The van der Waals surface area contributed by atoms with Gasteiger partial charge >= 0.3 is 6.18 Å². The van der Waals surface area contributed by atoms with Crippen LogP contribution >= 0.6 is 0 Å². The van der Waals surface area contributed by atoms with Gasteiger partial charge in [-0.05, 0) is 204 Å². The predicted molar refractivity (Wildman–Crippen MR) is 454 cm³/mol. The lowest BCUT2D eigenvalue weighted by Gasteiger charge is -2.41. The molecule has 4 aromatic heterocycles. The van der Waals surface area contributed by atoms with Crippen LogP contribution in [0.5, 0.6) is 23.0 Å². The summed E-state index contributed by atoms with van der Waals surface area (Å²) in [6, 6.07) is 39.8. The van der Waals surface area contributed by atoms with E-state index in [-0.39, 0.29) is 23.1 Å². The van der Waals surface area contributed by atoms with Crippen molar-refractivity contribution >= 4 is 72.4 Å². The SMILES string of the molecule is CC(=O)c1cn(CCCNCCOc2ccccc2)c2c(C)cccc12.COc1cccc2c(C(C)=O)cn(CCCN3CCC(N4CCOCC4)CC3)c12.COc1cccc2c(C(C)=O)cn(CCCN3CCC4CCCCC4C3)c12.COc1cccc2c(C(C)=O)cn(CCCN3CCN(c4ccc(C(F)(F)F)cc4)CC3)c12. The number of rotatable bonds is 29. The van der Waals surface area contributed by atoms with E-state index >= 15 is 0 Å². The van der Waals surface area contributed by atoms with Gasteiger partial charge in [0.2, 0.25) is 0 Å². The summed E-state index contributed by atoms with van der Waals surface area (Å²) in [6.07, 6.45) is 17.4. The lowest BCUT2D eigenvalue weighted by atomic mass is 9.75. The molecule has 2 atom stereocenters. The smallest absolute Gasteiger partial charge is 0.416 e. The number of anilines is 1. The third kappa shape index (κ3) is 21.9. The Hall–Kier alpha value is -9.29. The number of Topliss-reactive ketones (excluding diaryl/α,β-unsaturated/α-hetero) is 4. The molecule has 2 unspecified atom stereocenters. The van der Waals surface area contributed by atoms with Gasteiger partial charge in [-0.25, -0.2) is 0 Å². The Morgan fingerprint density at radius 3 is 1.36 bits per heavy atom. The minimum atomic E-state index is -4.31. The summed E-state index contributed by atoms with van der Waals surface area (Å²) in [6.45, 7) is 29.7. The van der Waals surface area contributed by atoms with E-state index in [4.69, 9.17) is 23.7 Å². The lowest BCUT2D eigenvalue weighted by molar-refractivity contribution is -0.137. The average Bonchev–Trinajstić information content (AvgIpc) is 1.67. The van der Waals surface area contributed by atoms with Gasteiger partial charge in [0.15, 0.2) is 23.1 Å². The molecule has 616 valence electrons. The van der Waals surface area contributed by atoms with Crippen LogP contribution in [0.3, 0.4) is 0 Å². The van der Waals surface area contributed by atoms with Crippen LogP contribution in [0.4, 0.5) is 18.9 Å². The topological polar surface area (TPSA) is 162 Å². The van der Waals surface area contributed by atoms with E-state index in [0.29, 0.717) is 12.2 Å². The van der Waals surface area contributed by atoms with Crippen molar-refractivity contribution in [2.75, 3.05) is 144 Å². The molecule has 0 spiro atoms. The van der Waals surface area contributed by atoms with E-state index in [2.05, 4.69) is 61.1 Å². The Balaban J connectivity index is 0.000000142. The number of hydrogen-bond donors (Lipinski definition) is 1. The van der Waals surface area contributed by atoms with E-state index < -0.39 is 11.7 Å². The Bertz CT molecular complexity index is 4830. The molecule has 6 aromatic carbocycles. The Labute approximate surface area is 676 Å². The maximum absolute atomic E-state index is 12.8. The summed E-state index contributed by atoms with van der Waals surface area (Å²) < 4.78 is 74.9. The summed E-state index contributed by atoms with van der Waals surface area (Å²) in [5, 5.41) is 7.37. The number of carbonyl (C=O) groups is 4. The van der Waals surface area contributed by atoms with Crippen molar-refractivity contribution in [2.24, 2.45) is 11.8 Å². The van der Waals surface area contributed by atoms with Crippen LogP contribution in [-0.4, -0.2) is 206 Å². The Kier molecular flexibility index (Phi) is 30.3. The van der Waals surface area contributed by atoms with Crippen molar-refractivity contribution in [1.29, 1.82) is 0 Å². The number of carbonyl (C=O) groups excluding carboxylic acids is 4. The fourth-order valence-corrected chi connectivity index (χ4v) is 17.9. The first-order chi connectivity index (χ1) is 55.8. The van der Waals surface area contributed by atoms with Gasteiger partial charge in [-0.1, -0.05) is 92.1 Å². The number of para-hydroxylation sites is 5. The van der Waals surface area contributed by atoms with Gasteiger partial charge in [-0.15, -0.1) is 0 Å². The molecule has 4 aliphatic heterocycles. The number of ether oxygens (including phenoxy) is 5. The van der Waals surface area contributed by atoms with E-state index in [1.165, 1.54) is 82.2 Å². The first-order valence-corrected chi connectivity index (χ1v) is 41.7. The monoisotopic (exact) mass is 1580 g/mol. The number of nitrogens with zero attached hydrogens (tertiary/aromatic N) is 9. The molecule has 1 aliphatic carbocycles. The highest BCUT2D eigenvalue weighted by atomic mass is 19.4. The summed E-state index contributed by atoms with van der Waals surface area (Å²) in [4.78, 5) is 60.5. The zero-order valence-electron chi connectivity index (χ0n) is 68.8. The van der Waals surface area contributed by atoms with Gasteiger partial charge in [0.1, 0.15) is 29.6 Å². The summed E-state index contributed by atoms with van der Waals surface area (Å²) in [7, 11) is 5.03. The quantitative estimate of drug-likeness (QED) is 0.0348. The Morgan fingerprint density at radius 1 is 0.443 bits per heavy atom. The number of nitrogens with one attached hydrogen (secondary N) is 1. The molecular formula is C93H119F3N10O9. The van der Waals surface area contributed by atoms with Crippen LogP contribution in [0.25, 0.3) is 43.6 Å². The molecule has 5 aliphatic rings. The number of benzene rings is 6. The van der Waals surface area contributed by atoms with Gasteiger partial charge in [0.05, 0.1) is 62.2 Å². The normalized spacial score (nSPS) is 17.3. The number of piperazine rings is 1. The molecule has 4 saturated heterocycles. The highest BCUT2D eigenvalue weighted by molar-refractivity contribution is 6.10. The number of piperidine rings is 2. The number of methoxy groups -OCH3 is 3. The summed E-state index contributed by atoms with van der Waals surface area (Å²) >= 11 is 0. The van der Waals surface area contributed by atoms with E-state index in [1.807, 2.05) is 122 Å². The molecule has 0 amide bonds. The van der Waals surface area contributed by atoms with Crippen molar-refractivity contribution in [2.45, 2.75) is 144 Å². The van der Waals surface area contributed by atoms with Crippen molar-refractivity contribution < 1.29 is 56.0 Å². The molecule has 1 saturated carbocycles. The van der Waals surface area contributed by atoms with Gasteiger partial charge in [-0.3, -0.25) is 29.0 Å². The molecule has 5 fully saturated rings. The molecule has 19 nitrogen and oxygen atoms in total. The molecule has 10 aromatic rings. The number of aryl methyl sites for hydroxylation is 5. The first kappa shape index (κ1) is 85.1. The number of hydrogen-bond acceptors (Lipinski definition) is 15. The van der Waals surface area contributed by atoms with Crippen LogP contribution in [0.1, 0.15) is 151 Å². The molecule has 0 bridgehead atoms. The van der Waals surface area contributed by atoms with Gasteiger partial charge in [0.25, 0.3) is 0 Å². The standard InChI is InChI=1S/C25H28F3N3O2.C23H33N3O3.C23H32N2O2.C22H26N2O2/c1-18(32)22-17-31(24-21(22)5-3-6-23(24)33-2)12-4-11-29-13-15-30(16-14-29)20-9-7-19(8-10-20)25(26,27)28;1-18(27)21-17-26(23-20(21)5-3-6-22(23)28-2)10-4-9-24-11-7-19(8-12-24)25-13-15-29-16-14-25;1-17(26)21-16-25(23-20(21)9-5-10-22(23)27-2)13-6-12-24-14-11-18-7-3-4-8-19(18)15-24;1-17-8-6-11-20-21(18(2)25)16-24(22(17)20)14-7-12-23-13-15-26-19-9-4-3-5-10-19/h3,5-10,17H,4,11-16H2,1-2H3;3,5-6,17,19H,4,7-16H2,1-2H3;5,9-10,16,18-19H,3-4,6-8,11-15H2,1-2H3;3-6,8-11,16,23H,7,12-15H2,1-2H3. The third-order valence-corrected chi connectivity index (χ3v) is 24.0. The van der Waals surface area contributed by atoms with Gasteiger partial charge < -0.3 is 62.0 Å².